The van der Waals surface area contributed by atoms with Crippen molar-refractivity contribution in [1.29, 1.82) is 0 Å². The van der Waals surface area contributed by atoms with Crippen LogP contribution in [0.4, 0.5) is 11.4 Å². The number of carbonyl (C=O) groups is 2. The molecular formula is C18H18N4O3S2. The predicted octanol–water partition coefficient (Wildman–Crippen LogP) is 3.28. The van der Waals surface area contributed by atoms with E-state index in [1.807, 2.05) is 13.0 Å². The molecule has 0 aliphatic rings. The number of H-pyrrole nitrogens is 1. The van der Waals surface area contributed by atoms with E-state index >= 15 is 0 Å². The minimum atomic E-state index is -0.367. The van der Waals surface area contributed by atoms with Gasteiger partial charge in [-0.1, -0.05) is 6.92 Å². The van der Waals surface area contributed by atoms with Gasteiger partial charge in [0.05, 0.1) is 5.39 Å². The van der Waals surface area contributed by atoms with Crippen molar-refractivity contribution in [3.8, 4) is 0 Å². The maximum Gasteiger partial charge on any atom is 0.263 e. The van der Waals surface area contributed by atoms with Gasteiger partial charge >= 0.3 is 0 Å². The molecule has 0 atom stereocenters. The summed E-state index contributed by atoms with van der Waals surface area (Å²) in [5.41, 5.74) is 0.914. The second-order valence-electron chi connectivity index (χ2n) is 5.94. The first-order chi connectivity index (χ1) is 12.9. The first-order valence-electron chi connectivity index (χ1n) is 8.30. The van der Waals surface area contributed by atoms with Crippen molar-refractivity contribution in [3.05, 3.63) is 50.3 Å². The van der Waals surface area contributed by atoms with Crippen LogP contribution in [0, 0.1) is 4.77 Å². The topological polar surface area (TPSA) is 96.0 Å². The summed E-state index contributed by atoms with van der Waals surface area (Å²) in [5.74, 6) is -0.537. The summed E-state index contributed by atoms with van der Waals surface area (Å²) in [6.07, 6.45) is 0.828. The van der Waals surface area contributed by atoms with Crippen LogP contribution >= 0.6 is 23.6 Å². The monoisotopic (exact) mass is 402 g/mol. The number of hydrogen-bond donors (Lipinski definition) is 3. The van der Waals surface area contributed by atoms with E-state index in [1.165, 1.54) is 22.8 Å². The summed E-state index contributed by atoms with van der Waals surface area (Å²) in [4.78, 5) is 40.9. The summed E-state index contributed by atoms with van der Waals surface area (Å²) in [6, 6.07) is 8.53. The molecule has 1 aromatic carbocycles. The second-order valence-corrected chi connectivity index (χ2v) is 7.46. The van der Waals surface area contributed by atoms with Gasteiger partial charge in [0.25, 0.3) is 5.56 Å². The van der Waals surface area contributed by atoms with Crippen LogP contribution in [-0.4, -0.2) is 21.4 Å². The summed E-state index contributed by atoms with van der Waals surface area (Å²) in [5, 5.41) is 5.91. The molecule has 3 rings (SSSR count). The van der Waals surface area contributed by atoms with Gasteiger partial charge in [0.2, 0.25) is 11.8 Å². The lowest BCUT2D eigenvalue weighted by molar-refractivity contribution is -0.117. The Morgan fingerprint density at radius 2 is 1.81 bits per heavy atom. The molecule has 0 fully saturated rings. The predicted molar refractivity (Wildman–Crippen MR) is 110 cm³/mol. The van der Waals surface area contributed by atoms with E-state index < -0.39 is 0 Å². The Morgan fingerprint density at radius 3 is 2.41 bits per heavy atom. The van der Waals surface area contributed by atoms with E-state index in [1.54, 1.807) is 24.3 Å². The Bertz CT molecular complexity index is 1130. The number of carbonyl (C=O) groups excluding carboxylic acids is 2. The molecule has 0 saturated heterocycles. The smallest absolute Gasteiger partial charge is 0.263 e. The molecule has 0 saturated carbocycles. The molecule has 0 aliphatic heterocycles. The van der Waals surface area contributed by atoms with Gasteiger partial charge in [-0.15, -0.1) is 11.3 Å². The number of aromatic amines is 1. The number of anilines is 2. The highest BCUT2D eigenvalue weighted by Crippen LogP contribution is 2.21. The number of aryl methyl sites for hydroxylation is 1. The Morgan fingerprint density at radius 1 is 1.19 bits per heavy atom. The molecule has 0 bridgehead atoms. The van der Waals surface area contributed by atoms with Crippen LogP contribution in [0.15, 0.2) is 35.1 Å². The lowest BCUT2D eigenvalue weighted by Gasteiger charge is -2.09. The molecule has 3 N–H and O–H groups in total. The molecule has 2 aromatic heterocycles. The molecule has 3 aromatic rings. The highest BCUT2D eigenvalue weighted by molar-refractivity contribution is 7.71. The van der Waals surface area contributed by atoms with Gasteiger partial charge in [-0.25, -0.2) is 0 Å². The van der Waals surface area contributed by atoms with E-state index in [2.05, 4.69) is 15.6 Å². The van der Waals surface area contributed by atoms with Crippen LogP contribution in [0.1, 0.15) is 18.7 Å². The number of aromatic nitrogens is 2. The Balaban J connectivity index is 1.78. The van der Waals surface area contributed by atoms with Gasteiger partial charge < -0.3 is 15.6 Å². The minimum Gasteiger partial charge on any atom is -0.326 e. The largest absolute Gasteiger partial charge is 0.326 e. The number of amides is 2. The number of nitrogens with one attached hydrogen (secondary N) is 3. The second kappa shape index (κ2) is 7.85. The van der Waals surface area contributed by atoms with Gasteiger partial charge in [-0.3, -0.25) is 19.0 Å². The molecule has 140 valence electrons. The summed E-state index contributed by atoms with van der Waals surface area (Å²) in [7, 11) is 0. The molecular weight excluding hydrogens is 384 g/mol. The fourth-order valence-corrected chi connectivity index (χ4v) is 3.90. The van der Waals surface area contributed by atoms with E-state index in [0.29, 0.717) is 16.8 Å². The Labute approximate surface area is 164 Å². The zero-order chi connectivity index (χ0) is 19.6. The number of thiophene rings is 1. The number of rotatable bonds is 5. The van der Waals surface area contributed by atoms with Crippen molar-refractivity contribution in [2.45, 2.75) is 26.8 Å². The first-order valence-corrected chi connectivity index (χ1v) is 9.53. The molecule has 9 heteroatoms. The van der Waals surface area contributed by atoms with Crippen LogP contribution < -0.4 is 16.2 Å². The molecule has 2 heterocycles. The summed E-state index contributed by atoms with van der Waals surface area (Å²) < 4.78 is 1.47. The zero-order valence-corrected chi connectivity index (χ0v) is 16.4. The Kier molecular flexibility index (Phi) is 5.52. The van der Waals surface area contributed by atoms with Crippen molar-refractivity contribution in [2.24, 2.45) is 0 Å². The standard InChI is InChI=1S/C18H18N4O3S2/c1-3-13-8-14-16(27-13)21-18(26)22(17(14)25)9-15(24)20-12-6-4-11(5-7-12)19-10(2)23/h4-8H,3,9H2,1-2H3,(H,19,23)(H,20,24)(H,21,26). The van der Waals surface area contributed by atoms with Crippen LogP contribution in [0.25, 0.3) is 10.2 Å². The number of fused-ring (bicyclic) bond motifs is 1. The quantitative estimate of drug-likeness (QED) is 0.571. The molecule has 0 aliphatic carbocycles. The van der Waals surface area contributed by atoms with Gasteiger partial charge in [0.1, 0.15) is 11.4 Å². The van der Waals surface area contributed by atoms with Gasteiger partial charge in [0, 0.05) is 23.2 Å². The average Bonchev–Trinajstić information content (AvgIpc) is 3.03. The van der Waals surface area contributed by atoms with Crippen molar-refractivity contribution in [1.82, 2.24) is 9.55 Å². The minimum absolute atomic E-state index is 0.171. The molecule has 0 spiro atoms. The van der Waals surface area contributed by atoms with Crippen molar-refractivity contribution >= 4 is 57.0 Å². The number of hydrogen-bond acceptors (Lipinski definition) is 5. The number of nitrogens with zero attached hydrogens (tertiary/aromatic N) is 1. The van der Waals surface area contributed by atoms with Crippen LogP contribution in [-0.2, 0) is 22.6 Å². The molecule has 2 amide bonds. The SMILES string of the molecule is CCc1cc2c(=O)n(CC(=O)Nc3ccc(NC(C)=O)cc3)c(=S)[nH]c2s1. The normalized spacial score (nSPS) is 10.7. The van der Waals surface area contributed by atoms with Crippen molar-refractivity contribution in [2.75, 3.05) is 10.6 Å². The fraction of sp³-hybridized carbons (Fsp3) is 0.222. The van der Waals surface area contributed by atoms with E-state index in [9.17, 15) is 14.4 Å². The summed E-state index contributed by atoms with van der Waals surface area (Å²) >= 11 is 6.74. The van der Waals surface area contributed by atoms with Gasteiger partial charge in [-0.05, 0) is 49.0 Å². The third-order valence-corrected chi connectivity index (χ3v) is 5.38. The summed E-state index contributed by atoms with van der Waals surface area (Å²) in [6.45, 7) is 3.25. The number of benzene rings is 1. The molecule has 27 heavy (non-hydrogen) atoms. The lowest BCUT2D eigenvalue weighted by atomic mass is 10.2. The maximum absolute atomic E-state index is 12.7. The fourth-order valence-electron chi connectivity index (χ4n) is 2.60. The van der Waals surface area contributed by atoms with Crippen LogP contribution in [0.3, 0.4) is 0 Å². The third kappa shape index (κ3) is 4.32. The molecule has 0 radical (unpaired) electrons. The maximum atomic E-state index is 12.7. The van der Waals surface area contributed by atoms with E-state index in [-0.39, 0.29) is 28.7 Å². The average molecular weight is 403 g/mol. The highest BCUT2D eigenvalue weighted by atomic mass is 32.1. The van der Waals surface area contributed by atoms with Crippen molar-refractivity contribution < 1.29 is 9.59 Å². The van der Waals surface area contributed by atoms with E-state index in [4.69, 9.17) is 12.2 Å². The third-order valence-electron chi connectivity index (χ3n) is 3.86. The van der Waals surface area contributed by atoms with Gasteiger partial charge in [0.15, 0.2) is 4.77 Å². The van der Waals surface area contributed by atoms with E-state index in [0.717, 1.165) is 16.1 Å². The zero-order valence-electron chi connectivity index (χ0n) is 14.8. The highest BCUT2D eigenvalue weighted by Gasteiger charge is 2.12. The lowest BCUT2D eigenvalue weighted by Crippen LogP contribution is -2.28. The Hall–Kier alpha value is -2.78. The van der Waals surface area contributed by atoms with Crippen LogP contribution in [0.2, 0.25) is 0 Å². The van der Waals surface area contributed by atoms with Crippen molar-refractivity contribution in [3.63, 3.8) is 0 Å². The van der Waals surface area contributed by atoms with Gasteiger partial charge in [-0.2, -0.15) is 0 Å². The molecule has 0 unspecified atom stereocenters. The first kappa shape index (κ1) is 19.0. The van der Waals surface area contributed by atoms with Crippen LogP contribution in [0.5, 0.6) is 0 Å². The molecule has 7 nitrogen and oxygen atoms in total.